The van der Waals surface area contributed by atoms with E-state index in [4.69, 9.17) is 0 Å². The molecule has 1 rings (SSSR count). The van der Waals surface area contributed by atoms with Crippen molar-refractivity contribution < 1.29 is 0 Å². The van der Waals surface area contributed by atoms with Crippen LogP contribution >= 0.6 is 0 Å². The van der Waals surface area contributed by atoms with Crippen molar-refractivity contribution >= 4 is 0 Å². The van der Waals surface area contributed by atoms with Gasteiger partial charge in [-0.3, -0.25) is 4.68 Å². The third-order valence-corrected chi connectivity index (χ3v) is 2.40. The molecule has 0 saturated heterocycles. The number of nitrogens with one attached hydrogen (secondary N) is 2. The average molecular weight is 224 g/mol. The molecule has 1 aromatic rings. The summed E-state index contributed by atoms with van der Waals surface area (Å²) in [6.07, 6.45) is 1.97. The van der Waals surface area contributed by atoms with Gasteiger partial charge in [0, 0.05) is 32.4 Å². The highest BCUT2D eigenvalue weighted by atomic mass is 15.3. The molecule has 1 unspecified atom stereocenters. The van der Waals surface area contributed by atoms with Gasteiger partial charge >= 0.3 is 0 Å². The van der Waals surface area contributed by atoms with Gasteiger partial charge < -0.3 is 10.6 Å². The van der Waals surface area contributed by atoms with E-state index >= 15 is 0 Å². The van der Waals surface area contributed by atoms with Crippen molar-refractivity contribution in [3.63, 3.8) is 0 Å². The first-order valence-electron chi connectivity index (χ1n) is 6.00. The molecule has 2 N–H and O–H groups in total. The van der Waals surface area contributed by atoms with Crippen LogP contribution in [0.5, 0.6) is 0 Å². The third-order valence-electron chi connectivity index (χ3n) is 2.40. The molecule has 1 heterocycles. The summed E-state index contributed by atoms with van der Waals surface area (Å²) in [4.78, 5) is 0. The topological polar surface area (TPSA) is 41.9 Å². The van der Waals surface area contributed by atoms with Crippen molar-refractivity contribution in [2.45, 2.75) is 33.4 Å². The quantitative estimate of drug-likeness (QED) is 0.730. The molecule has 0 aliphatic rings. The van der Waals surface area contributed by atoms with Gasteiger partial charge in [0.2, 0.25) is 0 Å². The van der Waals surface area contributed by atoms with Gasteiger partial charge in [0.1, 0.15) is 0 Å². The minimum Gasteiger partial charge on any atom is -0.315 e. The molecule has 0 bridgehead atoms. The van der Waals surface area contributed by atoms with Gasteiger partial charge in [-0.2, -0.15) is 5.10 Å². The lowest BCUT2D eigenvalue weighted by Gasteiger charge is -2.14. The van der Waals surface area contributed by atoms with E-state index in [2.05, 4.69) is 36.5 Å². The maximum Gasteiger partial charge on any atom is 0.0762 e. The largest absolute Gasteiger partial charge is 0.315 e. The lowest BCUT2D eigenvalue weighted by Crippen LogP contribution is -2.37. The summed E-state index contributed by atoms with van der Waals surface area (Å²) in [6, 6.07) is 2.52. The molecule has 0 saturated carbocycles. The molecule has 0 aliphatic carbocycles. The number of hydrogen-bond acceptors (Lipinski definition) is 3. The van der Waals surface area contributed by atoms with Gasteiger partial charge in [0.05, 0.1) is 5.69 Å². The number of aryl methyl sites for hydroxylation is 1. The lowest BCUT2D eigenvalue weighted by molar-refractivity contribution is 0.469. The van der Waals surface area contributed by atoms with E-state index < -0.39 is 0 Å². The van der Waals surface area contributed by atoms with E-state index in [0.717, 1.165) is 25.3 Å². The van der Waals surface area contributed by atoms with Gasteiger partial charge in [0.25, 0.3) is 0 Å². The lowest BCUT2D eigenvalue weighted by atomic mass is 10.2. The van der Waals surface area contributed by atoms with Crippen LogP contribution in [0.1, 0.15) is 26.5 Å². The van der Waals surface area contributed by atoms with Crippen LogP contribution in [0.2, 0.25) is 0 Å². The number of rotatable bonds is 7. The molecule has 0 amide bonds. The van der Waals surface area contributed by atoms with E-state index in [1.54, 1.807) is 0 Å². The zero-order valence-electron chi connectivity index (χ0n) is 10.8. The Labute approximate surface area is 98.4 Å². The molecule has 16 heavy (non-hydrogen) atoms. The van der Waals surface area contributed by atoms with Crippen molar-refractivity contribution in [2.24, 2.45) is 13.0 Å². The molecule has 1 atom stereocenters. The Morgan fingerprint density at radius 1 is 1.31 bits per heavy atom. The first kappa shape index (κ1) is 13.2. The van der Waals surface area contributed by atoms with Gasteiger partial charge in [-0.05, 0) is 25.5 Å². The van der Waals surface area contributed by atoms with Crippen molar-refractivity contribution in [3.05, 3.63) is 18.0 Å². The van der Waals surface area contributed by atoms with E-state index in [1.165, 1.54) is 0 Å². The van der Waals surface area contributed by atoms with Crippen LogP contribution in [0.25, 0.3) is 0 Å². The maximum atomic E-state index is 4.32. The SMILES string of the molecule is CC(C)CNCC(C)NCc1ccn(C)n1. The minimum atomic E-state index is 0.473. The second-order valence-electron chi connectivity index (χ2n) is 4.81. The molecule has 1 aromatic heterocycles. The monoisotopic (exact) mass is 224 g/mol. The van der Waals surface area contributed by atoms with Crippen LogP contribution in [0.4, 0.5) is 0 Å². The highest BCUT2D eigenvalue weighted by molar-refractivity contribution is 4.98. The number of nitrogens with zero attached hydrogens (tertiary/aromatic N) is 2. The average Bonchev–Trinajstić information content (AvgIpc) is 2.61. The Hall–Kier alpha value is -0.870. The maximum absolute atomic E-state index is 4.32. The van der Waals surface area contributed by atoms with Gasteiger partial charge in [-0.1, -0.05) is 13.8 Å². The predicted octanol–water partition coefficient (Wildman–Crippen LogP) is 1.14. The molecular formula is C12H24N4. The van der Waals surface area contributed by atoms with Crippen molar-refractivity contribution in [3.8, 4) is 0 Å². The molecule has 4 heteroatoms. The van der Waals surface area contributed by atoms with Crippen molar-refractivity contribution in [2.75, 3.05) is 13.1 Å². The Morgan fingerprint density at radius 3 is 2.62 bits per heavy atom. The molecule has 0 fully saturated rings. The predicted molar refractivity (Wildman–Crippen MR) is 67.2 cm³/mol. The minimum absolute atomic E-state index is 0.473. The Balaban J connectivity index is 2.12. The summed E-state index contributed by atoms with van der Waals surface area (Å²) < 4.78 is 1.83. The molecule has 92 valence electrons. The van der Waals surface area contributed by atoms with Crippen LogP contribution in [0.15, 0.2) is 12.3 Å². The Bertz CT molecular complexity index is 293. The second-order valence-corrected chi connectivity index (χ2v) is 4.81. The number of hydrogen-bond donors (Lipinski definition) is 2. The molecular weight excluding hydrogens is 200 g/mol. The second kappa shape index (κ2) is 6.66. The fourth-order valence-electron chi connectivity index (χ4n) is 1.50. The molecule has 0 aliphatic heterocycles. The van der Waals surface area contributed by atoms with Crippen molar-refractivity contribution in [1.29, 1.82) is 0 Å². The summed E-state index contributed by atoms with van der Waals surface area (Å²) in [6.45, 7) is 9.56. The van der Waals surface area contributed by atoms with Crippen LogP contribution < -0.4 is 10.6 Å². The van der Waals surface area contributed by atoms with E-state index in [-0.39, 0.29) is 0 Å². The zero-order chi connectivity index (χ0) is 12.0. The highest BCUT2D eigenvalue weighted by Gasteiger charge is 2.03. The fraction of sp³-hybridized carbons (Fsp3) is 0.750. The van der Waals surface area contributed by atoms with E-state index in [1.807, 2.05) is 24.0 Å². The summed E-state index contributed by atoms with van der Waals surface area (Å²) in [5, 5.41) is 11.2. The van der Waals surface area contributed by atoms with Crippen LogP contribution in [0, 0.1) is 5.92 Å². The Morgan fingerprint density at radius 2 is 2.06 bits per heavy atom. The zero-order valence-corrected chi connectivity index (χ0v) is 10.8. The number of aromatic nitrogens is 2. The standard InChI is InChI=1S/C12H24N4/c1-10(2)7-13-8-11(3)14-9-12-5-6-16(4)15-12/h5-6,10-11,13-14H,7-9H2,1-4H3. The van der Waals surface area contributed by atoms with Gasteiger partial charge in [-0.15, -0.1) is 0 Å². The first-order valence-corrected chi connectivity index (χ1v) is 6.00. The molecule has 0 aromatic carbocycles. The summed E-state index contributed by atoms with van der Waals surface area (Å²) in [5.74, 6) is 0.711. The fourth-order valence-corrected chi connectivity index (χ4v) is 1.50. The summed E-state index contributed by atoms with van der Waals surface area (Å²) in [7, 11) is 1.94. The normalized spacial score (nSPS) is 13.3. The van der Waals surface area contributed by atoms with Gasteiger partial charge in [0.15, 0.2) is 0 Å². The van der Waals surface area contributed by atoms with Crippen molar-refractivity contribution in [1.82, 2.24) is 20.4 Å². The third kappa shape index (κ3) is 5.28. The van der Waals surface area contributed by atoms with Crippen LogP contribution in [0.3, 0.4) is 0 Å². The first-order chi connectivity index (χ1) is 7.58. The smallest absolute Gasteiger partial charge is 0.0762 e. The summed E-state index contributed by atoms with van der Waals surface area (Å²) in [5.41, 5.74) is 1.10. The molecule has 0 spiro atoms. The molecule has 0 radical (unpaired) electrons. The van der Waals surface area contributed by atoms with E-state index in [0.29, 0.717) is 12.0 Å². The van der Waals surface area contributed by atoms with Gasteiger partial charge in [-0.25, -0.2) is 0 Å². The molecule has 4 nitrogen and oxygen atoms in total. The van der Waals surface area contributed by atoms with Crippen LogP contribution in [-0.2, 0) is 13.6 Å². The van der Waals surface area contributed by atoms with E-state index in [9.17, 15) is 0 Å². The summed E-state index contributed by atoms with van der Waals surface area (Å²) >= 11 is 0. The highest BCUT2D eigenvalue weighted by Crippen LogP contribution is 1.94. The Kier molecular flexibility index (Phi) is 5.49. The van der Waals surface area contributed by atoms with Crippen LogP contribution in [-0.4, -0.2) is 28.9 Å².